The quantitative estimate of drug-likeness (QED) is 0.187. The van der Waals surface area contributed by atoms with Gasteiger partial charge in [-0.2, -0.15) is 18.3 Å². The Hall–Kier alpha value is -4.21. The second-order valence-corrected chi connectivity index (χ2v) is 9.92. The van der Waals surface area contributed by atoms with Crippen molar-refractivity contribution in [2.24, 2.45) is 4.99 Å². The fourth-order valence-electron chi connectivity index (χ4n) is 4.03. The molecule has 2 heterocycles. The topological polar surface area (TPSA) is 150 Å². The molecule has 3 aromatic rings. The van der Waals surface area contributed by atoms with Gasteiger partial charge in [-0.3, -0.25) is 19.5 Å². The Morgan fingerprint density at radius 2 is 1.98 bits per heavy atom. The first-order chi connectivity index (χ1) is 19.4. The number of benzene rings is 2. The minimum Gasteiger partial charge on any atom is -0.469 e. The minimum atomic E-state index is -4.66. The Morgan fingerprint density at radius 3 is 2.66 bits per heavy atom. The average Bonchev–Trinajstić information content (AvgIpc) is 3.40. The van der Waals surface area contributed by atoms with Crippen LogP contribution < -0.4 is 21.3 Å². The molecule has 2 aromatic carbocycles. The fourth-order valence-corrected chi connectivity index (χ4v) is 4.54. The second kappa shape index (κ2) is 12.5. The van der Waals surface area contributed by atoms with Crippen LogP contribution >= 0.6 is 15.9 Å². The van der Waals surface area contributed by atoms with Crippen LogP contribution in [0.2, 0.25) is 0 Å². The van der Waals surface area contributed by atoms with Gasteiger partial charge in [-0.25, -0.2) is 9.38 Å². The van der Waals surface area contributed by atoms with Gasteiger partial charge in [0, 0.05) is 15.5 Å². The monoisotopic (exact) mass is 641 g/mol. The van der Waals surface area contributed by atoms with Crippen molar-refractivity contribution in [2.45, 2.75) is 24.8 Å². The number of alkyl halides is 4. The number of aromatic amines is 1. The van der Waals surface area contributed by atoms with Gasteiger partial charge in [0.15, 0.2) is 5.96 Å². The molecule has 0 saturated heterocycles. The van der Waals surface area contributed by atoms with Crippen molar-refractivity contribution in [2.75, 3.05) is 32.1 Å². The van der Waals surface area contributed by atoms with Crippen LogP contribution in [0.1, 0.15) is 33.9 Å². The van der Waals surface area contributed by atoms with E-state index in [4.69, 9.17) is 0 Å². The van der Waals surface area contributed by atoms with Crippen molar-refractivity contribution in [3.8, 4) is 0 Å². The predicted molar refractivity (Wildman–Crippen MR) is 144 cm³/mol. The van der Waals surface area contributed by atoms with Gasteiger partial charge in [0.1, 0.15) is 6.17 Å². The Morgan fingerprint density at radius 1 is 1.20 bits per heavy atom. The first kappa shape index (κ1) is 29.8. The lowest BCUT2D eigenvalue weighted by Crippen LogP contribution is -2.41. The molecule has 5 N–H and O–H groups in total. The molecule has 11 nitrogen and oxygen atoms in total. The molecule has 16 heteroatoms. The molecule has 0 spiro atoms. The van der Waals surface area contributed by atoms with E-state index in [-0.39, 0.29) is 28.7 Å². The average molecular weight is 642 g/mol. The smallest absolute Gasteiger partial charge is 0.416 e. The molecule has 0 aliphatic carbocycles. The second-order valence-electron chi connectivity index (χ2n) is 9.00. The number of ether oxygens (including phenoxy) is 1. The van der Waals surface area contributed by atoms with Crippen molar-refractivity contribution < 1.29 is 36.7 Å². The summed E-state index contributed by atoms with van der Waals surface area (Å²) in [5.74, 6) is -1.86. The van der Waals surface area contributed by atoms with Crippen LogP contribution in [0.25, 0.3) is 10.9 Å². The Balaban J connectivity index is 1.48. The van der Waals surface area contributed by atoms with Gasteiger partial charge >= 0.3 is 12.1 Å². The molecule has 0 radical (unpaired) electrons. The summed E-state index contributed by atoms with van der Waals surface area (Å²) in [6.45, 7) is -0.493. The lowest BCUT2D eigenvalue weighted by atomic mass is 10.0. The van der Waals surface area contributed by atoms with Gasteiger partial charge in [-0.15, -0.1) is 0 Å². The number of carbonyl (C=O) groups is 3. The summed E-state index contributed by atoms with van der Waals surface area (Å²) in [5, 5.41) is 17.9. The molecule has 0 saturated carbocycles. The van der Waals surface area contributed by atoms with Crippen molar-refractivity contribution >= 4 is 56.3 Å². The van der Waals surface area contributed by atoms with Crippen LogP contribution in [-0.2, 0) is 20.5 Å². The number of hydrogen-bond acceptors (Lipinski definition) is 8. The lowest BCUT2D eigenvalue weighted by Gasteiger charge is -2.20. The number of halogens is 5. The maximum absolute atomic E-state index is 13.4. The van der Waals surface area contributed by atoms with Gasteiger partial charge in [0.05, 0.1) is 62.0 Å². The maximum atomic E-state index is 13.4. The molecule has 41 heavy (non-hydrogen) atoms. The Labute approximate surface area is 238 Å². The van der Waals surface area contributed by atoms with E-state index >= 15 is 0 Å². The SMILES string of the molecule is COC(=O)C[C@H](NC(=O)CNC(=O)c1cc(NC2=NCC(F)CN2)cc2[nH]ncc12)c1cc(Br)cc(C(F)(F)F)c1. The Kier molecular flexibility index (Phi) is 9.10. The number of H-pyrrole nitrogens is 1. The molecule has 218 valence electrons. The number of fused-ring (bicyclic) bond motifs is 1. The summed E-state index contributed by atoms with van der Waals surface area (Å²) in [6.07, 6.45) is -4.79. The molecule has 1 aromatic heterocycles. The number of carbonyl (C=O) groups excluding carboxylic acids is 3. The van der Waals surface area contributed by atoms with Crippen molar-refractivity contribution in [3.05, 3.63) is 57.7 Å². The number of aromatic nitrogens is 2. The van der Waals surface area contributed by atoms with E-state index in [0.717, 1.165) is 19.2 Å². The van der Waals surface area contributed by atoms with Gasteiger partial charge in [-0.05, 0) is 35.9 Å². The van der Waals surface area contributed by atoms with Crippen LogP contribution in [0.3, 0.4) is 0 Å². The molecular formula is C25H24BrF4N7O4. The summed E-state index contributed by atoms with van der Waals surface area (Å²) in [7, 11) is 1.11. The number of aliphatic imine (C=N–C) groups is 1. The summed E-state index contributed by atoms with van der Waals surface area (Å²) in [4.78, 5) is 41.9. The number of rotatable bonds is 8. The summed E-state index contributed by atoms with van der Waals surface area (Å²) in [5.41, 5.74) is 0.120. The lowest BCUT2D eigenvalue weighted by molar-refractivity contribution is -0.141. The van der Waals surface area contributed by atoms with Crippen LogP contribution in [0, 0.1) is 0 Å². The van der Waals surface area contributed by atoms with Gasteiger partial charge in [-0.1, -0.05) is 15.9 Å². The largest absolute Gasteiger partial charge is 0.469 e. The van der Waals surface area contributed by atoms with E-state index in [9.17, 15) is 31.9 Å². The zero-order valence-corrected chi connectivity index (χ0v) is 23.0. The number of guanidine groups is 1. The zero-order valence-electron chi connectivity index (χ0n) is 21.4. The van der Waals surface area contributed by atoms with Crippen LogP contribution in [0.4, 0.5) is 23.2 Å². The number of hydrogen-bond donors (Lipinski definition) is 5. The Bertz CT molecular complexity index is 1490. The molecule has 2 atom stereocenters. The third-order valence-electron chi connectivity index (χ3n) is 6.00. The number of methoxy groups -OCH3 is 1. The standard InChI is InChI=1S/C25H24BrF4N7O4/c1-41-22(39)7-19(12-2-13(25(28,29)30)4-14(26)3-12)36-21(38)11-31-23(40)17-5-16(6-20-18(17)10-34-37-20)35-24-32-8-15(27)9-33-24/h2-6,10,15,19H,7-9,11H2,1H3,(H,31,40)(H,34,37)(H,36,38)(H2,32,33,35)/t19-/m0/s1. The third kappa shape index (κ3) is 7.71. The fraction of sp³-hybridized carbons (Fsp3) is 0.320. The van der Waals surface area contributed by atoms with Gasteiger partial charge in [0.2, 0.25) is 5.91 Å². The molecule has 0 bridgehead atoms. The number of esters is 1. The highest BCUT2D eigenvalue weighted by atomic mass is 79.9. The highest BCUT2D eigenvalue weighted by Gasteiger charge is 2.32. The van der Waals surface area contributed by atoms with E-state index in [1.165, 1.54) is 18.3 Å². The van der Waals surface area contributed by atoms with E-state index < -0.39 is 54.7 Å². The first-order valence-corrected chi connectivity index (χ1v) is 12.9. The number of nitrogens with one attached hydrogen (secondary N) is 5. The number of nitrogens with zero attached hydrogens (tertiary/aromatic N) is 2. The van der Waals surface area contributed by atoms with Crippen LogP contribution in [-0.4, -0.2) is 66.9 Å². The predicted octanol–water partition coefficient (Wildman–Crippen LogP) is 3.20. The molecule has 1 aliphatic heterocycles. The highest BCUT2D eigenvalue weighted by molar-refractivity contribution is 9.10. The normalized spacial score (nSPS) is 15.9. The maximum Gasteiger partial charge on any atom is 0.416 e. The molecule has 2 amide bonds. The molecular weight excluding hydrogens is 618 g/mol. The van der Waals surface area contributed by atoms with E-state index in [2.05, 4.69) is 57.1 Å². The zero-order chi connectivity index (χ0) is 29.7. The summed E-state index contributed by atoms with van der Waals surface area (Å²) >= 11 is 3.03. The van der Waals surface area contributed by atoms with Crippen LogP contribution in [0.15, 0.2) is 46.0 Å². The van der Waals surface area contributed by atoms with Gasteiger partial charge < -0.3 is 26.0 Å². The number of anilines is 1. The van der Waals surface area contributed by atoms with Crippen LogP contribution in [0.5, 0.6) is 0 Å². The summed E-state index contributed by atoms with van der Waals surface area (Å²) in [6, 6.07) is 5.03. The summed E-state index contributed by atoms with van der Waals surface area (Å²) < 4.78 is 58.1. The van der Waals surface area contributed by atoms with Crippen molar-refractivity contribution in [1.29, 1.82) is 0 Å². The minimum absolute atomic E-state index is 0.00831. The molecule has 0 fully saturated rings. The van der Waals surface area contributed by atoms with E-state index in [0.29, 0.717) is 22.5 Å². The highest BCUT2D eigenvalue weighted by Crippen LogP contribution is 2.34. The number of amides is 2. The van der Waals surface area contributed by atoms with Gasteiger partial charge in [0.25, 0.3) is 5.91 Å². The molecule has 1 unspecified atom stereocenters. The van der Waals surface area contributed by atoms with E-state index in [1.54, 1.807) is 6.07 Å². The third-order valence-corrected chi connectivity index (χ3v) is 6.46. The van der Waals surface area contributed by atoms with E-state index in [1.807, 2.05) is 0 Å². The first-order valence-electron chi connectivity index (χ1n) is 12.1. The molecule has 4 rings (SSSR count). The van der Waals surface area contributed by atoms with Crippen molar-refractivity contribution in [1.82, 2.24) is 26.1 Å². The molecule has 1 aliphatic rings. The van der Waals surface area contributed by atoms with Crippen molar-refractivity contribution in [3.63, 3.8) is 0 Å².